The normalized spacial score (nSPS) is 26.0. The number of nitrogens with one attached hydrogen (secondary N) is 1. The number of hydrogen-bond donors (Lipinski definition) is 2. The summed E-state index contributed by atoms with van der Waals surface area (Å²) >= 11 is 0. The molecule has 0 aromatic carbocycles. The van der Waals surface area contributed by atoms with E-state index in [4.69, 9.17) is 4.74 Å². The minimum atomic E-state index is -3.66. The van der Waals surface area contributed by atoms with Gasteiger partial charge in [-0.1, -0.05) is 26.8 Å². The number of aliphatic hydroxyl groups is 1. The Hall–Kier alpha value is -1.18. The van der Waals surface area contributed by atoms with Crippen molar-refractivity contribution in [3.05, 3.63) is 23.4 Å². The van der Waals surface area contributed by atoms with Crippen LogP contribution in [0.2, 0.25) is 0 Å². The average Bonchev–Trinajstić information content (AvgIpc) is 2.73. The van der Waals surface area contributed by atoms with Crippen LogP contribution in [-0.4, -0.2) is 49.2 Å². The van der Waals surface area contributed by atoms with E-state index in [2.05, 4.69) is 18.3 Å². The highest BCUT2D eigenvalue weighted by Crippen LogP contribution is 2.36. The van der Waals surface area contributed by atoms with Crippen LogP contribution in [0.25, 0.3) is 0 Å². The lowest BCUT2D eigenvalue weighted by Crippen LogP contribution is -2.52. The largest absolute Gasteiger partial charge is 0.395 e. The molecule has 2 aliphatic carbocycles. The highest BCUT2D eigenvalue weighted by atomic mass is 32.2. The number of hydrogen-bond acceptors (Lipinski definition) is 5. The zero-order valence-electron chi connectivity index (χ0n) is 19.3. The van der Waals surface area contributed by atoms with Crippen LogP contribution in [0.4, 0.5) is 0 Å². The fourth-order valence-corrected chi connectivity index (χ4v) is 6.21. The van der Waals surface area contributed by atoms with Crippen molar-refractivity contribution in [2.24, 2.45) is 11.3 Å². The monoisotopic (exact) mass is 441 g/mol. The van der Waals surface area contributed by atoms with Crippen molar-refractivity contribution in [2.45, 2.75) is 89.2 Å². The van der Waals surface area contributed by atoms with E-state index in [9.17, 15) is 18.3 Å². The standard InChI is InChI=1S/C23H39NO5S/c1-7-16-12-17(22(2,3)15-25)14-18(13-16)24-21(26)23(4,5)30(27,28)20-10-8-19(29-6)9-11-20/h12,14,16,19-20,25H,7-11,13,15H2,1-6H3,(H,24,26). The van der Waals surface area contributed by atoms with Gasteiger partial charge in [0.1, 0.15) is 4.75 Å². The van der Waals surface area contributed by atoms with E-state index < -0.39 is 31.2 Å². The van der Waals surface area contributed by atoms with Crippen molar-refractivity contribution in [1.82, 2.24) is 5.32 Å². The molecule has 2 N–H and O–H groups in total. The van der Waals surface area contributed by atoms with E-state index in [1.807, 2.05) is 19.9 Å². The Kier molecular flexibility index (Phi) is 7.97. The van der Waals surface area contributed by atoms with Gasteiger partial charge in [0.2, 0.25) is 5.91 Å². The minimum absolute atomic E-state index is 0.00296. The number of methoxy groups -OCH3 is 1. The molecule has 172 valence electrons. The maximum atomic E-state index is 13.3. The summed E-state index contributed by atoms with van der Waals surface area (Å²) in [6.07, 6.45) is 8.16. The van der Waals surface area contributed by atoms with Crippen LogP contribution in [0.5, 0.6) is 0 Å². The van der Waals surface area contributed by atoms with Gasteiger partial charge < -0.3 is 15.2 Å². The van der Waals surface area contributed by atoms with Crippen molar-refractivity contribution >= 4 is 15.7 Å². The van der Waals surface area contributed by atoms with E-state index in [1.54, 1.807) is 7.11 Å². The third-order valence-corrected chi connectivity index (χ3v) is 9.81. The van der Waals surface area contributed by atoms with E-state index >= 15 is 0 Å². The number of allylic oxidation sites excluding steroid dienone is 3. The molecule has 7 heteroatoms. The van der Waals surface area contributed by atoms with Crippen LogP contribution in [0, 0.1) is 11.3 Å². The quantitative estimate of drug-likeness (QED) is 0.601. The highest BCUT2D eigenvalue weighted by Gasteiger charge is 2.47. The van der Waals surface area contributed by atoms with Gasteiger partial charge in [-0.2, -0.15) is 0 Å². The van der Waals surface area contributed by atoms with Crippen LogP contribution in [0.1, 0.15) is 73.1 Å². The zero-order chi connectivity index (χ0) is 22.7. The second kappa shape index (κ2) is 9.53. The van der Waals surface area contributed by atoms with Gasteiger partial charge in [-0.25, -0.2) is 8.42 Å². The molecule has 2 aliphatic rings. The predicted molar refractivity (Wildman–Crippen MR) is 120 cm³/mol. The first-order valence-corrected chi connectivity index (χ1v) is 12.5. The van der Waals surface area contributed by atoms with Gasteiger partial charge in [-0.05, 0) is 69.9 Å². The summed E-state index contributed by atoms with van der Waals surface area (Å²) in [5.41, 5.74) is 1.26. The minimum Gasteiger partial charge on any atom is -0.395 e. The van der Waals surface area contributed by atoms with Gasteiger partial charge in [-0.15, -0.1) is 0 Å². The Morgan fingerprint density at radius 3 is 2.30 bits per heavy atom. The molecule has 2 rings (SSSR count). The Morgan fingerprint density at radius 2 is 1.80 bits per heavy atom. The van der Waals surface area contributed by atoms with E-state index in [0.717, 1.165) is 17.7 Å². The average molecular weight is 442 g/mol. The van der Waals surface area contributed by atoms with E-state index in [1.165, 1.54) is 13.8 Å². The number of amides is 1. The van der Waals surface area contributed by atoms with E-state index in [-0.39, 0.29) is 18.6 Å². The smallest absolute Gasteiger partial charge is 0.245 e. The van der Waals surface area contributed by atoms with E-state index in [0.29, 0.717) is 32.1 Å². The second-order valence-corrected chi connectivity index (χ2v) is 12.6. The lowest BCUT2D eigenvalue weighted by Gasteiger charge is -2.34. The maximum absolute atomic E-state index is 13.3. The maximum Gasteiger partial charge on any atom is 0.245 e. The Labute approximate surface area is 182 Å². The number of rotatable bonds is 8. The number of aliphatic hydroxyl groups excluding tert-OH is 1. The molecule has 0 radical (unpaired) electrons. The van der Waals surface area contributed by atoms with Crippen molar-refractivity contribution in [2.75, 3.05) is 13.7 Å². The molecule has 1 saturated carbocycles. The summed E-state index contributed by atoms with van der Waals surface area (Å²) in [7, 11) is -2.01. The first-order valence-electron chi connectivity index (χ1n) is 11.0. The molecule has 0 aromatic heterocycles. The Morgan fingerprint density at radius 1 is 1.20 bits per heavy atom. The summed E-state index contributed by atoms with van der Waals surface area (Å²) in [6, 6.07) is 0. The fourth-order valence-electron chi connectivity index (χ4n) is 4.17. The third kappa shape index (κ3) is 5.17. The first kappa shape index (κ1) is 25.1. The number of sulfone groups is 1. The molecule has 1 unspecified atom stereocenters. The molecule has 1 amide bonds. The zero-order valence-corrected chi connectivity index (χ0v) is 20.1. The second-order valence-electron chi connectivity index (χ2n) is 9.85. The Balaban J connectivity index is 2.19. The molecule has 30 heavy (non-hydrogen) atoms. The van der Waals surface area contributed by atoms with Crippen molar-refractivity contribution in [1.29, 1.82) is 0 Å². The molecule has 6 nitrogen and oxygen atoms in total. The van der Waals surface area contributed by atoms with Crippen LogP contribution in [0.15, 0.2) is 23.4 Å². The lowest BCUT2D eigenvalue weighted by atomic mass is 9.78. The number of carbonyl (C=O) groups is 1. The molecule has 0 heterocycles. The summed E-state index contributed by atoms with van der Waals surface area (Å²) in [5, 5.41) is 12.1. The molecule has 1 fully saturated rings. The van der Waals surface area contributed by atoms with Crippen molar-refractivity contribution in [3.63, 3.8) is 0 Å². The fraction of sp³-hybridized carbons (Fsp3) is 0.783. The topological polar surface area (TPSA) is 92.7 Å². The van der Waals surface area contributed by atoms with Crippen molar-refractivity contribution < 1.29 is 23.1 Å². The lowest BCUT2D eigenvalue weighted by molar-refractivity contribution is -0.122. The predicted octanol–water partition coefficient (Wildman–Crippen LogP) is 3.51. The summed E-state index contributed by atoms with van der Waals surface area (Å²) in [6.45, 7) is 9.01. The molecule has 0 bridgehead atoms. The summed E-state index contributed by atoms with van der Waals surface area (Å²) < 4.78 is 30.4. The molecule has 0 saturated heterocycles. The highest BCUT2D eigenvalue weighted by molar-refractivity contribution is 7.94. The van der Waals surface area contributed by atoms with Crippen LogP contribution in [-0.2, 0) is 19.4 Å². The van der Waals surface area contributed by atoms with Crippen LogP contribution >= 0.6 is 0 Å². The third-order valence-electron chi connectivity index (χ3n) is 6.85. The number of ether oxygens (including phenoxy) is 1. The van der Waals surface area contributed by atoms with Crippen molar-refractivity contribution in [3.8, 4) is 0 Å². The summed E-state index contributed by atoms with van der Waals surface area (Å²) in [5.74, 6) is -0.240. The number of carbonyl (C=O) groups excluding carboxylic acids is 1. The molecular weight excluding hydrogens is 402 g/mol. The molecule has 0 aromatic rings. The van der Waals surface area contributed by atoms with Gasteiger partial charge >= 0.3 is 0 Å². The van der Waals surface area contributed by atoms with Gasteiger partial charge in [-0.3, -0.25) is 4.79 Å². The van der Waals surface area contributed by atoms with Gasteiger partial charge in [0.05, 0.1) is 18.0 Å². The Bertz CT molecular complexity index is 786. The van der Waals surface area contributed by atoms with Gasteiger partial charge in [0, 0.05) is 18.2 Å². The molecule has 0 aliphatic heterocycles. The summed E-state index contributed by atoms with van der Waals surface area (Å²) in [4.78, 5) is 13.1. The molecule has 0 spiro atoms. The van der Waals surface area contributed by atoms with Gasteiger partial charge in [0.25, 0.3) is 0 Å². The molecule has 1 atom stereocenters. The molecular formula is C23H39NO5S. The van der Waals surface area contributed by atoms with Crippen LogP contribution in [0.3, 0.4) is 0 Å². The van der Waals surface area contributed by atoms with Gasteiger partial charge in [0.15, 0.2) is 9.84 Å². The first-order chi connectivity index (χ1) is 13.9. The van der Waals surface area contributed by atoms with Crippen LogP contribution < -0.4 is 5.32 Å². The SMILES string of the molecule is CCC1C=C(C(C)(C)CO)C=C(NC(=O)C(C)(C)S(=O)(=O)C2CCC(OC)CC2)C1.